The Morgan fingerprint density at radius 3 is 2.42 bits per heavy atom. The van der Waals surface area contributed by atoms with Crippen LogP contribution >= 0.6 is 0 Å². The van der Waals surface area contributed by atoms with Gasteiger partial charge in [-0.25, -0.2) is 14.4 Å². The van der Waals surface area contributed by atoms with E-state index in [1.54, 1.807) is 19.1 Å². The molecule has 8 nitrogen and oxygen atoms in total. The molecular formula is C24H22FN5O3. The number of aromatic nitrogens is 2. The summed E-state index contributed by atoms with van der Waals surface area (Å²) in [4.78, 5) is 45.1. The van der Waals surface area contributed by atoms with Crippen LogP contribution in [-0.4, -0.2) is 27.7 Å². The highest BCUT2D eigenvalue weighted by molar-refractivity contribution is 5.97. The van der Waals surface area contributed by atoms with Crippen molar-refractivity contribution >= 4 is 17.7 Å². The van der Waals surface area contributed by atoms with Gasteiger partial charge in [0.1, 0.15) is 23.5 Å². The zero-order valence-electron chi connectivity index (χ0n) is 17.8. The predicted molar refractivity (Wildman–Crippen MR) is 118 cm³/mol. The number of fused-ring (bicyclic) bond motifs is 1. The highest BCUT2D eigenvalue weighted by Gasteiger charge is 2.35. The Bertz CT molecular complexity index is 1250. The fourth-order valence-corrected chi connectivity index (χ4v) is 3.97. The first kappa shape index (κ1) is 22.1. The monoisotopic (exact) mass is 447 g/mol. The molecular weight excluding hydrogens is 425 g/mol. The second-order valence-electron chi connectivity index (χ2n) is 7.90. The van der Waals surface area contributed by atoms with Crippen molar-refractivity contribution in [1.82, 2.24) is 20.6 Å². The number of halogens is 1. The van der Waals surface area contributed by atoms with E-state index in [2.05, 4.69) is 20.6 Å². The number of carbonyl (C=O) groups is 3. The number of nitrogens with two attached hydrogens (primary N) is 1. The van der Waals surface area contributed by atoms with Crippen molar-refractivity contribution in [3.05, 3.63) is 94.3 Å². The molecule has 0 bridgehead atoms. The molecule has 33 heavy (non-hydrogen) atoms. The summed E-state index contributed by atoms with van der Waals surface area (Å²) < 4.78 is 13.4. The molecule has 2 atom stereocenters. The van der Waals surface area contributed by atoms with Gasteiger partial charge in [0.2, 0.25) is 5.91 Å². The maximum atomic E-state index is 13.4. The van der Waals surface area contributed by atoms with Gasteiger partial charge in [-0.3, -0.25) is 14.4 Å². The van der Waals surface area contributed by atoms with E-state index >= 15 is 0 Å². The summed E-state index contributed by atoms with van der Waals surface area (Å²) in [7, 11) is 0. The first-order valence-electron chi connectivity index (χ1n) is 10.4. The largest absolute Gasteiger partial charge is 0.369 e. The van der Waals surface area contributed by atoms with Gasteiger partial charge in [0.25, 0.3) is 11.8 Å². The van der Waals surface area contributed by atoms with Gasteiger partial charge in [-0.2, -0.15) is 0 Å². The van der Waals surface area contributed by atoms with Gasteiger partial charge in [-0.1, -0.05) is 36.4 Å². The molecule has 1 aliphatic rings. The molecule has 9 heteroatoms. The number of nitrogens with zero attached hydrogens (tertiary/aromatic N) is 2. The molecule has 3 aromatic rings. The minimum atomic E-state index is -0.495. The van der Waals surface area contributed by atoms with Crippen LogP contribution in [0.15, 0.2) is 54.9 Å². The number of hydrogen-bond donors (Lipinski definition) is 3. The van der Waals surface area contributed by atoms with Gasteiger partial charge in [-0.15, -0.1) is 0 Å². The Morgan fingerprint density at radius 1 is 1.03 bits per heavy atom. The zero-order valence-corrected chi connectivity index (χ0v) is 17.8. The van der Waals surface area contributed by atoms with Crippen LogP contribution in [0.25, 0.3) is 0 Å². The molecule has 3 amide bonds. The second-order valence-corrected chi connectivity index (χ2v) is 7.90. The van der Waals surface area contributed by atoms with Crippen molar-refractivity contribution in [3.8, 4) is 0 Å². The highest BCUT2D eigenvalue weighted by atomic mass is 19.1. The minimum Gasteiger partial charge on any atom is -0.369 e. The van der Waals surface area contributed by atoms with Crippen LogP contribution in [0.2, 0.25) is 0 Å². The fourth-order valence-electron chi connectivity index (χ4n) is 3.97. The lowest BCUT2D eigenvalue weighted by Crippen LogP contribution is -2.30. The summed E-state index contributed by atoms with van der Waals surface area (Å²) in [6, 6.07) is 12.8. The van der Waals surface area contributed by atoms with E-state index in [1.165, 1.54) is 12.1 Å². The van der Waals surface area contributed by atoms with Crippen LogP contribution in [0.4, 0.5) is 4.39 Å². The van der Waals surface area contributed by atoms with Crippen molar-refractivity contribution in [2.45, 2.75) is 31.8 Å². The lowest BCUT2D eigenvalue weighted by atomic mass is 10.0. The van der Waals surface area contributed by atoms with Crippen LogP contribution in [0.5, 0.6) is 0 Å². The van der Waals surface area contributed by atoms with E-state index in [0.717, 1.165) is 23.0 Å². The predicted octanol–water partition coefficient (Wildman–Crippen LogP) is 2.30. The van der Waals surface area contributed by atoms with Crippen LogP contribution in [0, 0.1) is 12.7 Å². The SMILES string of the molecule is Cc1cc(CNC(=O)c2cc(C(=O)N[C@H]3C[C@@H](C(N)=O)c4ccccc43)ncn2)ccc1F. The quantitative estimate of drug-likeness (QED) is 0.534. The third kappa shape index (κ3) is 4.72. The molecule has 2 aromatic carbocycles. The number of nitrogens with one attached hydrogen (secondary N) is 2. The number of aryl methyl sites for hydroxylation is 1. The summed E-state index contributed by atoms with van der Waals surface area (Å²) >= 11 is 0. The number of rotatable bonds is 6. The van der Waals surface area contributed by atoms with E-state index in [-0.39, 0.29) is 23.7 Å². The molecule has 0 radical (unpaired) electrons. The van der Waals surface area contributed by atoms with Crippen molar-refractivity contribution in [3.63, 3.8) is 0 Å². The lowest BCUT2D eigenvalue weighted by Gasteiger charge is -2.14. The van der Waals surface area contributed by atoms with Gasteiger partial charge >= 0.3 is 0 Å². The summed E-state index contributed by atoms with van der Waals surface area (Å²) in [6.07, 6.45) is 1.50. The smallest absolute Gasteiger partial charge is 0.270 e. The van der Waals surface area contributed by atoms with E-state index in [4.69, 9.17) is 5.73 Å². The van der Waals surface area contributed by atoms with Gasteiger partial charge < -0.3 is 16.4 Å². The van der Waals surface area contributed by atoms with Crippen molar-refractivity contribution in [2.75, 3.05) is 0 Å². The number of primary amides is 1. The van der Waals surface area contributed by atoms with Crippen molar-refractivity contribution < 1.29 is 18.8 Å². The maximum absolute atomic E-state index is 13.4. The first-order valence-corrected chi connectivity index (χ1v) is 10.4. The Morgan fingerprint density at radius 2 is 1.73 bits per heavy atom. The molecule has 0 saturated carbocycles. The average Bonchev–Trinajstić information content (AvgIpc) is 3.18. The van der Waals surface area contributed by atoms with E-state index < -0.39 is 29.7 Å². The third-order valence-corrected chi connectivity index (χ3v) is 5.67. The van der Waals surface area contributed by atoms with Gasteiger partial charge in [-0.05, 0) is 41.7 Å². The molecule has 4 N–H and O–H groups in total. The van der Waals surface area contributed by atoms with Crippen LogP contribution in [0.3, 0.4) is 0 Å². The number of benzene rings is 2. The molecule has 0 unspecified atom stereocenters. The molecule has 168 valence electrons. The second kappa shape index (κ2) is 9.15. The normalized spacial score (nSPS) is 16.7. The van der Waals surface area contributed by atoms with Gasteiger partial charge in [0.15, 0.2) is 0 Å². The van der Waals surface area contributed by atoms with Crippen LogP contribution < -0.4 is 16.4 Å². The van der Waals surface area contributed by atoms with Crippen LogP contribution in [0.1, 0.15) is 61.6 Å². The molecule has 4 rings (SSSR count). The Kier molecular flexibility index (Phi) is 6.12. The molecule has 0 saturated heterocycles. The number of hydrogen-bond acceptors (Lipinski definition) is 5. The number of carbonyl (C=O) groups excluding carboxylic acids is 3. The molecule has 1 aliphatic carbocycles. The van der Waals surface area contributed by atoms with E-state index in [0.29, 0.717) is 12.0 Å². The molecule has 0 fully saturated rings. The Labute approximate surface area is 189 Å². The molecule has 1 heterocycles. The van der Waals surface area contributed by atoms with E-state index in [9.17, 15) is 18.8 Å². The minimum absolute atomic E-state index is 0.0211. The summed E-state index contributed by atoms with van der Waals surface area (Å²) in [5.74, 6) is -2.23. The standard InChI is InChI=1S/C24H22FN5O3/c1-13-8-14(6-7-18(13)25)11-27-23(32)20-10-21(29-12-28-20)24(33)30-19-9-17(22(26)31)15-4-2-3-5-16(15)19/h2-8,10,12,17,19H,9,11H2,1H3,(H2,26,31)(H,27,32)(H,30,33)/t17-,19+/m1/s1. The molecule has 0 spiro atoms. The van der Waals surface area contributed by atoms with Crippen molar-refractivity contribution in [1.29, 1.82) is 0 Å². The highest BCUT2D eigenvalue weighted by Crippen LogP contribution is 2.40. The van der Waals surface area contributed by atoms with Gasteiger partial charge in [0.05, 0.1) is 12.0 Å². The third-order valence-electron chi connectivity index (χ3n) is 5.67. The topological polar surface area (TPSA) is 127 Å². The maximum Gasteiger partial charge on any atom is 0.270 e. The van der Waals surface area contributed by atoms with Crippen LogP contribution in [-0.2, 0) is 11.3 Å². The lowest BCUT2D eigenvalue weighted by molar-refractivity contribution is -0.119. The molecule has 0 aliphatic heterocycles. The van der Waals surface area contributed by atoms with Gasteiger partial charge in [0, 0.05) is 12.6 Å². The summed E-state index contributed by atoms with van der Waals surface area (Å²) in [6.45, 7) is 1.82. The van der Waals surface area contributed by atoms with Crippen molar-refractivity contribution in [2.24, 2.45) is 5.73 Å². The fraction of sp³-hybridized carbons (Fsp3) is 0.208. The van der Waals surface area contributed by atoms with E-state index in [1.807, 2.05) is 24.3 Å². The number of amides is 3. The Balaban J connectivity index is 1.44. The zero-order chi connectivity index (χ0) is 23.5. The average molecular weight is 447 g/mol. The summed E-state index contributed by atoms with van der Waals surface area (Å²) in [5, 5.41) is 5.57. The summed E-state index contributed by atoms with van der Waals surface area (Å²) in [5.41, 5.74) is 8.41. The Hall–Kier alpha value is -4.14. The first-order chi connectivity index (χ1) is 15.8. The molecule has 1 aromatic heterocycles.